The van der Waals surface area contributed by atoms with E-state index in [1.165, 1.54) is 36.3 Å². The highest BCUT2D eigenvalue weighted by Gasteiger charge is 2.80. The minimum absolute atomic E-state index is 0.168. The van der Waals surface area contributed by atoms with Crippen molar-refractivity contribution in [2.45, 2.75) is 34.4 Å². The Morgan fingerprint density at radius 2 is 1.76 bits per heavy atom. The normalized spacial score (nSPS) is 36.6. The molecule has 8 rings (SSSR count). The van der Waals surface area contributed by atoms with Crippen molar-refractivity contribution in [2.24, 2.45) is 0 Å². The molecule has 7 nitrogen and oxygen atoms in total. The molecule has 0 aliphatic carbocycles. The fourth-order valence-electron chi connectivity index (χ4n) is 6.07. The maximum atomic E-state index is 14.1. The van der Waals surface area contributed by atoms with Crippen LogP contribution in [0.25, 0.3) is 10.9 Å². The largest absolute Gasteiger partial charge is 0.388 e. The van der Waals surface area contributed by atoms with E-state index < -0.39 is 27.4 Å². The summed E-state index contributed by atoms with van der Waals surface area (Å²) in [5, 5.41) is 16.9. The molecule has 168 valence electrons. The number of aromatic amines is 1. The molecule has 0 saturated carbocycles. The maximum absolute atomic E-state index is 14.1. The molecule has 10 heteroatoms. The number of nitrogens with one attached hydrogen (secondary N) is 2. The molecular formula is C23H20N4O3S3. The number of fused-ring (bicyclic) bond motifs is 7. The summed E-state index contributed by atoms with van der Waals surface area (Å²) in [5.74, 6) is -0.411. The smallest absolute Gasteiger partial charge is 0.264 e. The van der Waals surface area contributed by atoms with Gasteiger partial charge in [0.2, 0.25) is 4.87 Å². The predicted octanol–water partition coefficient (Wildman–Crippen LogP) is 3.34. The number of carbonyl (C=O) groups is 2. The van der Waals surface area contributed by atoms with E-state index in [2.05, 4.69) is 10.3 Å². The second kappa shape index (κ2) is 6.24. The van der Waals surface area contributed by atoms with Crippen molar-refractivity contribution in [3.8, 4) is 0 Å². The SMILES string of the molecule is CN1C(=O)[C@]23SSS[C@@]1(C)C(=O)N2[C@H]1Nc2ccccc2[C@@]1(c1c[nH]c2ccccc12)[C@@H]3O. The summed E-state index contributed by atoms with van der Waals surface area (Å²) in [6, 6.07) is 15.8. The molecule has 4 saturated heterocycles. The molecule has 3 aromatic rings. The monoisotopic (exact) mass is 496 g/mol. The Balaban J connectivity index is 1.59. The number of likely N-dealkylation sites (N-methyl/N-ethyl adjacent to an activating group) is 1. The average Bonchev–Trinajstić information content (AvgIpc) is 3.41. The fraction of sp³-hybridized carbons (Fsp3) is 0.304. The van der Waals surface area contributed by atoms with Gasteiger partial charge in [0.15, 0.2) is 4.87 Å². The van der Waals surface area contributed by atoms with E-state index in [0.29, 0.717) is 0 Å². The van der Waals surface area contributed by atoms with Crippen LogP contribution in [-0.2, 0) is 15.0 Å². The zero-order chi connectivity index (χ0) is 22.8. The van der Waals surface area contributed by atoms with Crippen LogP contribution in [0, 0.1) is 0 Å². The van der Waals surface area contributed by atoms with Gasteiger partial charge in [-0.2, -0.15) is 0 Å². The number of hydrogen-bond donors (Lipinski definition) is 3. The molecule has 5 atom stereocenters. The number of piperazine rings is 1. The molecule has 1 spiro atoms. The van der Waals surface area contributed by atoms with Gasteiger partial charge in [0.1, 0.15) is 12.3 Å². The van der Waals surface area contributed by atoms with Gasteiger partial charge in [0.05, 0.1) is 5.41 Å². The van der Waals surface area contributed by atoms with Crippen LogP contribution < -0.4 is 5.32 Å². The summed E-state index contributed by atoms with van der Waals surface area (Å²) in [6.07, 6.45) is 0.137. The van der Waals surface area contributed by atoms with E-state index in [1.54, 1.807) is 18.9 Å². The van der Waals surface area contributed by atoms with E-state index in [4.69, 9.17) is 0 Å². The summed E-state index contributed by atoms with van der Waals surface area (Å²) in [5.41, 5.74) is 2.56. The molecule has 1 aromatic heterocycles. The van der Waals surface area contributed by atoms with Crippen LogP contribution in [-0.4, -0.2) is 60.8 Å². The number of aliphatic hydroxyl groups excluding tert-OH is 1. The highest BCUT2D eigenvalue weighted by molar-refractivity contribution is 9.10. The van der Waals surface area contributed by atoms with Crippen molar-refractivity contribution in [1.82, 2.24) is 14.8 Å². The number of carbonyl (C=O) groups excluding carboxylic acids is 2. The molecule has 2 amide bonds. The number of benzene rings is 2. The summed E-state index contributed by atoms with van der Waals surface area (Å²) >= 11 is 0. The number of nitrogens with zero attached hydrogens (tertiary/aromatic N) is 2. The van der Waals surface area contributed by atoms with E-state index in [0.717, 1.165) is 27.7 Å². The van der Waals surface area contributed by atoms with Gasteiger partial charge >= 0.3 is 0 Å². The summed E-state index contributed by atoms with van der Waals surface area (Å²) < 4.78 is 0. The maximum Gasteiger partial charge on any atom is 0.264 e. The standard InChI is InChI=1S/C23H20N4O3S3/c1-21-19(29)27-18-22(13-8-4-6-10-16(13)25-18,14-11-24-15-9-5-3-7-12(14)15)17(28)23(27,32-33-31-21)20(30)26(21)2/h3-11,17-18,24-25,28H,1-2H3/t17-,18+,21-,22+,23-/m0/s1. The van der Waals surface area contributed by atoms with Crippen molar-refractivity contribution in [3.05, 3.63) is 65.9 Å². The average molecular weight is 497 g/mol. The molecule has 6 heterocycles. The highest BCUT2D eigenvalue weighted by Crippen LogP contribution is 2.69. The Morgan fingerprint density at radius 1 is 1.00 bits per heavy atom. The third-order valence-corrected chi connectivity index (χ3v) is 12.9. The van der Waals surface area contributed by atoms with Crippen molar-refractivity contribution in [3.63, 3.8) is 0 Å². The Kier molecular flexibility index (Phi) is 3.80. The van der Waals surface area contributed by atoms with Gasteiger partial charge in [0, 0.05) is 29.8 Å². The fourth-order valence-corrected chi connectivity index (χ4v) is 12.0. The zero-order valence-electron chi connectivity index (χ0n) is 17.7. The lowest BCUT2D eigenvalue weighted by molar-refractivity contribution is -0.165. The predicted molar refractivity (Wildman–Crippen MR) is 132 cm³/mol. The van der Waals surface area contributed by atoms with Crippen LogP contribution in [0.1, 0.15) is 18.1 Å². The molecule has 33 heavy (non-hydrogen) atoms. The number of H-pyrrole nitrogens is 1. The molecule has 0 radical (unpaired) electrons. The number of amides is 2. The third-order valence-electron chi connectivity index (χ3n) is 7.77. The number of aliphatic hydroxyl groups is 1. The van der Waals surface area contributed by atoms with Crippen LogP contribution in [0.2, 0.25) is 0 Å². The van der Waals surface area contributed by atoms with Gasteiger partial charge in [-0.3, -0.25) is 14.5 Å². The summed E-state index contributed by atoms with van der Waals surface area (Å²) in [6.45, 7) is 1.79. The summed E-state index contributed by atoms with van der Waals surface area (Å²) in [4.78, 5) is 32.1. The molecule has 4 fully saturated rings. The van der Waals surface area contributed by atoms with E-state index in [-0.39, 0.29) is 11.8 Å². The van der Waals surface area contributed by atoms with Crippen LogP contribution in [0.5, 0.6) is 0 Å². The number of anilines is 1. The highest BCUT2D eigenvalue weighted by atomic mass is 33.5. The van der Waals surface area contributed by atoms with Crippen LogP contribution in [0.4, 0.5) is 5.69 Å². The number of aromatic nitrogens is 1. The first-order chi connectivity index (χ1) is 15.9. The molecule has 2 bridgehead atoms. The molecule has 2 aromatic carbocycles. The van der Waals surface area contributed by atoms with Gasteiger partial charge in [-0.25, -0.2) is 0 Å². The van der Waals surface area contributed by atoms with Crippen LogP contribution in [0.15, 0.2) is 54.7 Å². The second-order valence-electron chi connectivity index (χ2n) is 9.07. The minimum Gasteiger partial charge on any atom is -0.388 e. The minimum atomic E-state index is -1.44. The Morgan fingerprint density at radius 3 is 2.61 bits per heavy atom. The molecule has 5 aliphatic heterocycles. The summed E-state index contributed by atoms with van der Waals surface area (Å²) in [7, 11) is 5.73. The number of rotatable bonds is 1. The molecule has 5 aliphatic rings. The first-order valence-electron chi connectivity index (χ1n) is 10.6. The number of hydrogen-bond acceptors (Lipinski definition) is 7. The van der Waals surface area contributed by atoms with Gasteiger partial charge < -0.3 is 20.3 Å². The van der Waals surface area contributed by atoms with Gasteiger partial charge in [0.25, 0.3) is 11.8 Å². The van der Waals surface area contributed by atoms with E-state index in [9.17, 15) is 14.7 Å². The Hall–Kier alpha value is -2.27. The van der Waals surface area contributed by atoms with Crippen molar-refractivity contribution in [2.75, 3.05) is 12.4 Å². The van der Waals surface area contributed by atoms with Crippen molar-refractivity contribution in [1.29, 1.82) is 0 Å². The lowest BCUT2D eigenvalue weighted by atomic mass is 9.70. The van der Waals surface area contributed by atoms with E-state index >= 15 is 0 Å². The second-order valence-corrected chi connectivity index (χ2v) is 13.6. The van der Waals surface area contributed by atoms with Crippen LogP contribution >= 0.6 is 31.4 Å². The van der Waals surface area contributed by atoms with Gasteiger partial charge in [-0.15, -0.1) is 0 Å². The zero-order valence-corrected chi connectivity index (χ0v) is 20.2. The molecular weight excluding hydrogens is 476 g/mol. The molecule has 3 N–H and O–H groups in total. The number of para-hydroxylation sites is 2. The quantitative estimate of drug-likeness (QED) is 0.446. The lowest BCUT2D eigenvalue weighted by Gasteiger charge is -2.49. The Bertz CT molecular complexity index is 1380. The van der Waals surface area contributed by atoms with E-state index in [1.807, 2.05) is 54.7 Å². The topological polar surface area (TPSA) is 88.7 Å². The van der Waals surface area contributed by atoms with Gasteiger partial charge in [-0.05, 0) is 61.6 Å². The first-order valence-corrected chi connectivity index (χ1v) is 14.1. The van der Waals surface area contributed by atoms with Crippen LogP contribution in [0.3, 0.4) is 0 Å². The lowest BCUT2D eigenvalue weighted by Crippen LogP contribution is -2.73. The molecule has 0 unspecified atom stereocenters. The Labute approximate surface area is 201 Å². The third kappa shape index (κ3) is 2.01. The van der Waals surface area contributed by atoms with Crippen molar-refractivity contribution < 1.29 is 14.7 Å². The van der Waals surface area contributed by atoms with Crippen molar-refractivity contribution >= 4 is 59.8 Å². The first kappa shape index (κ1) is 20.1. The van der Waals surface area contributed by atoms with Gasteiger partial charge in [-0.1, -0.05) is 36.4 Å².